The molecule has 1 amide bonds. The summed E-state index contributed by atoms with van der Waals surface area (Å²) in [7, 11) is 0. The summed E-state index contributed by atoms with van der Waals surface area (Å²) in [6, 6.07) is 0.379. The summed E-state index contributed by atoms with van der Waals surface area (Å²) in [6.07, 6.45) is 14.2. The maximum Gasteiger partial charge on any atom is 0.309 e. The molecule has 0 aromatic rings. The van der Waals surface area contributed by atoms with Gasteiger partial charge in [0.1, 0.15) is 6.10 Å². The Morgan fingerprint density at radius 1 is 0.875 bits per heavy atom. The van der Waals surface area contributed by atoms with Gasteiger partial charge in [0.15, 0.2) is 0 Å². The van der Waals surface area contributed by atoms with Gasteiger partial charge < -0.3 is 14.7 Å². The van der Waals surface area contributed by atoms with Crippen LogP contribution < -0.4 is 0 Å². The monoisotopic (exact) mass is 666 g/mol. The lowest BCUT2D eigenvalue weighted by molar-refractivity contribution is -0.250. The van der Waals surface area contributed by atoms with Crippen LogP contribution >= 0.6 is 0 Å². The topological polar surface area (TPSA) is 83.9 Å². The molecule has 0 spiro atoms. The number of hydrogen-bond acceptors (Lipinski definition) is 4. The molecule has 2 unspecified atom stereocenters. The van der Waals surface area contributed by atoms with Gasteiger partial charge >= 0.3 is 11.9 Å². The van der Waals surface area contributed by atoms with Crippen molar-refractivity contribution >= 4 is 17.8 Å². The van der Waals surface area contributed by atoms with Crippen molar-refractivity contribution in [2.45, 2.75) is 164 Å². The first-order chi connectivity index (χ1) is 22.2. The van der Waals surface area contributed by atoms with Gasteiger partial charge in [-0.3, -0.25) is 14.4 Å². The van der Waals surface area contributed by atoms with Crippen molar-refractivity contribution in [3.05, 3.63) is 12.2 Å². The minimum Gasteiger partial charge on any atom is -0.481 e. The predicted octanol–water partition coefficient (Wildman–Crippen LogP) is 9.46. The second-order valence-electron chi connectivity index (χ2n) is 20.0. The number of carbonyl (C=O) groups is 3. The van der Waals surface area contributed by atoms with E-state index in [0.29, 0.717) is 41.5 Å². The van der Waals surface area contributed by atoms with Crippen LogP contribution in [-0.2, 0) is 19.1 Å². The molecule has 0 aromatic carbocycles. The number of carbonyl (C=O) groups excluding carboxylic acids is 2. The van der Waals surface area contributed by atoms with E-state index in [1.165, 1.54) is 50.5 Å². The van der Waals surface area contributed by atoms with Crippen LogP contribution in [0.1, 0.15) is 152 Å². The van der Waals surface area contributed by atoms with Crippen LogP contribution in [0.15, 0.2) is 12.2 Å². The zero-order valence-corrected chi connectivity index (χ0v) is 31.9. The highest BCUT2D eigenvalue weighted by Crippen LogP contribution is 2.78. The van der Waals surface area contributed by atoms with Gasteiger partial charge in [-0.25, -0.2) is 0 Å². The molecule has 48 heavy (non-hydrogen) atoms. The molecule has 270 valence electrons. The highest BCUT2D eigenvalue weighted by molar-refractivity contribution is 5.81. The Hall–Kier alpha value is -1.85. The lowest BCUT2D eigenvalue weighted by Crippen LogP contribution is -2.67. The molecule has 0 aromatic heterocycles. The van der Waals surface area contributed by atoms with Crippen molar-refractivity contribution in [1.29, 1.82) is 0 Å². The Kier molecular flexibility index (Phi) is 8.88. The summed E-state index contributed by atoms with van der Waals surface area (Å²) < 4.78 is 6.18. The van der Waals surface area contributed by atoms with E-state index in [1.54, 1.807) is 13.8 Å². The molecular weight excluding hydrogens is 598 g/mol. The van der Waals surface area contributed by atoms with Crippen molar-refractivity contribution in [2.75, 3.05) is 6.54 Å². The third-order valence-corrected chi connectivity index (χ3v) is 17.0. The third-order valence-electron chi connectivity index (χ3n) is 17.0. The number of carboxylic acid groups (broad SMARTS) is 1. The maximum atomic E-state index is 14.0. The van der Waals surface area contributed by atoms with Crippen molar-refractivity contribution in [1.82, 2.24) is 4.90 Å². The van der Waals surface area contributed by atoms with Crippen molar-refractivity contribution in [3.8, 4) is 0 Å². The highest BCUT2D eigenvalue weighted by Gasteiger charge is 2.71. The molecule has 6 nitrogen and oxygen atoms in total. The third kappa shape index (κ3) is 5.25. The Morgan fingerprint density at radius 2 is 1.58 bits per heavy atom. The van der Waals surface area contributed by atoms with Gasteiger partial charge in [-0.05, 0) is 156 Å². The van der Waals surface area contributed by atoms with E-state index in [2.05, 4.69) is 59.9 Å². The van der Waals surface area contributed by atoms with Crippen LogP contribution in [-0.4, -0.2) is 46.5 Å². The molecule has 1 heterocycles. The fourth-order valence-corrected chi connectivity index (χ4v) is 14.1. The number of hydrogen-bond donors (Lipinski definition) is 1. The normalized spacial score (nSPS) is 44.9. The molecule has 1 saturated heterocycles. The zero-order chi connectivity index (χ0) is 35.2. The molecule has 5 saturated carbocycles. The van der Waals surface area contributed by atoms with E-state index in [9.17, 15) is 19.5 Å². The van der Waals surface area contributed by atoms with Gasteiger partial charge in [0.25, 0.3) is 0 Å². The number of ether oxygens (including phenoxy) is 1. The standard InChI is InChI=1S/C42H67NO5/c1-26(2)28-15-20-42(24-33(44)43-23-11-12-27(43)3)22-21-40(9)29(35(28)42)13-14-31-39(8)18-17-32(48-34(45)25-37(4,5)36(46)47)38(6,7)30(39)16-19-41(31,40)10/h27-32,35H,1,11-25H2,2-10H3,(H,46,47)/t27-,28+,29-,30+,31-,32?,35-,39?,40-,41-,42-/m1/s1. The molecule has 11 atom stereocenters. The Balaban J connectivity index is 1.26. The Bertz CT molecular complexity index is 1330. The quantitative estimate of drug-likeness (QED) is 0.216. The molecule has 0 radical (unpaired) electrons. The SMILES string of the molecule is C=C(C)[C@@H]1CC[C@]2(CC(=O)N3CCC[C@H]3C)CC[C@]3(C)[C@H](CC[C@@H]4C5(C)CCC(OC(=O)CC(C)(C)C(=O)O)C(C)(C)[C@@H]5CC[C@]43C)[C@@H]12. The molecule has 6 aliphatic rings. The summed E-state index contributed by atoms with van der Waals surface area (Å²) >= 11 is 0. The van der Waals surface area contributed by atoms with Gasteiger partial charge in [-0.2, -0.15) is 0 Å². The number of esters is 1. The van der Waals surface area contributed by atoms with Gasteiger partial charge in [0, 0.05) is 24.4 Å². The minimum atomic E-state index is -1.13. The Labute approximate surface area is 291 Å². The smallest absolute Gasteiger partial charge is 0.309 e. The summed E-state index contributed by atoms with van der Waals surface area (Å²) in [5.74, 6) is 1.78. The zero-order valence-electron chi connectivity index (χ0n) is 31.9. The number of aliphatic carboxylic acids is 1. The average Bonchev–Trinajstić information content (AvgIpc) is 3.58. The van der Waals surface area contributed by atoms with Gasteiger partial charge in [-0.1, -0.05) is 46.8 Å². The first-order valence-electron chi connectivity index (χ1n) is 19.6. The van der Waals surface area contributed by atoms with Gasteiger partial charge in [0.2, 0.25) is 5.91 Å². The van der Waals surface area contributed by atoms with Crippen LogP contribution in [0.25, 0.3) is 0 Å². The molecule has 6 rings (SSSR count). The summed E-state index contributed by atoms with van der Waals surface area (Å²) in [4.78, 5) is 41.0. The van der Waals surface area contributed by atoms with Crippen molar-refractivity contribution in [3.63, 3.8) is 0 Å². The lowest BCUT2D eigenvalue weighted by Gasteiger charge is -2.73. The largest absolute Gasteiger partial charge is 0.481 e. The number of carboxylic acids is 1. The summed E-state index contributed by atoms with van der Waals surface area (Å²) in [5.41, 5.74) is 0.720. The van der Waals surface area contributed by atoms with Gasteiger partial charge in [0.05, 0.1) is 11.8 Å². The lowest BCUT2D eigenvalue weighted by atomic mass is 9.32. The predicted molar refractivity (Wildman–Crippen MR) is 190 cm³/mol. The summed E-state index contributed by atoms with van der Waals surface area (Å²) in [6.45, 7) is 25.7. The second-order valence-corrected chi connectivity index (χ2v) is 20.0. The highest BCUT2D eigenvalue weighted by atomic mass is 16.5. The van der Waals surface area contributed by atoms with Crippen LogP contribution in [0.5, 0.6) is 0 Å². The second kappa shape index (κ2) is 11.9. The number of nitrogens with zero attached hydrogens (tertiary/aromatic N) is 1. The first-order valence-corrected chi connectivity index (χ1v) is 19.6. The Morgan fingerprint density at radius 3 is 2.21 bits per heavy atom. The molecule has 0 bridgehead atoms. The van der Waals surface area contributed by atoms with E-state index < -0.39 is 11.4 Å². The summed E-state index contributed by atoms with van der Waals surface area (Å²) in [5, 5.41) is 9.59. The number of amides is 1. The number of likely N-dealkylation sites (tertiary alicyclic amines) is 1. The average molecular weight is 666 g/mol. The first kappa shape index (κ1) is 36.0. The van der Waals surface area contributed by atoms with Crippen LogP contribution in [0.3, 0.4) is 0 Å². The van der Waals surface area contributed by atoms with E-state index in [-0.39, 0.29) is 45.6 Å². The number of rotatable bonds is 7. The molecule has 6 fully saturated rings. The van der Waals surface area contributed by atoms with Crippen LogP contribution in [0.2, 0.25) is 0 Å². The van der Waals surface area contributed by atoms with Crippen LogP contribution in [0, 0.1) is 62.1 Å². The van der Waals surface area contributed by atoms with E-state index in [1.807, 2.05) is 0 Å². The minimum absolute atomic E-state index is 0.103. The van der Waals surface area contributed by atoms with Crippen molar-refractivity contribution in [2.24, 2.45) is 62.1 Å². The number of fused-ring (bicyclic) bond motifs is 7. The molecule has 1 N–H and O–H groups in total. The molecule has 1 aliphatic heterocycles. The molecular formula is C42H67NO5. The van der Waals surface area contributed by atoms with E-state index in [0.717, 1.165) is 45.1 Å². The molecule has 6 heteroatoms. The van der Waals surface area contributed by atoms with Gasteiger partial charge in [-0.15, -0.1) is 0 Å². The van der Waals surface area contributed by atoms with Crippen LogP contribution in [0.4, 0.5) is 0 Å². The van der Waals surface area contributed by atoms with Crippen molar-refractivity contribution < 1.29 is 24.2 Å². The van der Waals surface area contributed by atoms with E-state index in [4.69, 9.17) is 4.74 Å². The fourth-order valence-electron chi connectivity index (χ4n) is 14.1. The molecule has 5 aliphatic carbocycles. The fraction of sp³-hybridized carbons (Fsp3) is 0.881. The van der Waals surface area contributed by atoms with E-state index >= 15 is 0 Å². The maximum absolute atomic E-state index is 14.0. The number of allylic oxidation sites excluding steroid dienone is 1.